The van der Waals surface area contributed by atoms with Crippen LogP contribution in [0.1, 0.15) is 33.3 Å². The summed E-state index contributed by atoms with van der Waals surface area (Å²) in [4.78, 5) is 0. The minimum absolute atomic E-state index is 0.445. The summed E-state index contributed by atoms with van der Waals surface area (Å²) < 4.78 is 52.0. The molecule has 1 aliphatic rings. The Balaban J connectivity index is 2.29. The van der Waals surface area contributed by atoms with Gasteiger partial charge in [0.1, 0.15) is 17.4 Å². The molecule has 1 heterocycles. The first-order valence-electron chi connectivity index (χ1n) is 6.31. The molecule has 0 spiro atoms. The molecule has 0 atom stereocenters. The van der Waals surface area contributed by atoms with E-state index in [1.54, 1.807) is 27.7 Å². The Labute approximate surface area is 116 Å². The highest BCUT2D eigenvalue weighted by Crippen LogP contribution is 2.39. The molecule has 6 heteroatoms. The quantitative estimate of drug-likeness (QED) is 0.767. The van der Waals surface area contributed by atoms with Crippen molar-refractivity contribution in [2.45, 2.75) is 38.9 Å². The second-order valence-electron chi connectivity index (χ2n) is 5.75. The number of benzene rings is 1. The lowest BCUT2D eigenvalue weighted by atomic mass is 9.86. The fraction of sp³-hybridized carbons (Fsp3) is 0.429. The Morgan fingerprint density at radius 2 is 1.50 bits per heavy atom. The molecule has 108 valence electrons. The summed E-state index contributed by atoms with van der Waals surface area (Å²) in [5.74, 6) is -1.67. The molecule has 0 bridgehead atoms. The van der Waals surface area contributed by atoms with Gasteiger partial charge in [-0.25, -0.2) is 13.2 Å². The van der Waals surface area contributed by atoms with Gasteiger partial charge in [-0.05, 0) is 45.9 Å². The number of halogens is 3. The average molecular weight is 284 g/mol. The third-order valence-electron chi connectivity index (χ3n) is 3.76. The Bertz CT molecular complexity index is 519. The van der Waals surface area contributed by atoms with Crippen molar-refractivity contribution in [2.75, 3.05) is 0 Å². The molecule has 1 fully saturated rings. The van der Waals surface area contributed by atoms with Gasteiger partial charge < -0.3 is 9.31 Å². The third kappa shape index (κ3) is 2.62. The van der Waals surface area contributed by atoms with E-state index in [4.69, 9.17) is 9.31 Å². The zero-order valence-electron chi connectivity index (χ0n) is 11.8. The van der Waals surface area contributed by atoms with Crippen LogP contribution in [0.4, 0.5) is 13.2 Å². The van der Waals surface area contributed by atoms with Gasteiger partial charge in [-0.2, -0.15) is 0 Å². The van der Waals surface area contributed by atoms with Gasteiger partial charge in [0.2, 0.25) is 0 Å². The van der Waals surface area contributed by atoms with Gasteiger partial charge in [0.25, 0.3) is 0 Å². The summed E-state index contributed by atoms with van der Waals surface area (Å²) in [5, 5.41) is 0. The van der Waals surface area contributed by atoms with Crippen molar-refractivity contribution in [1.82, 2.24) is 0 Å². The van der Waals surface area contributed by atoms with Gasteiger partial charge in [-0.15, -0.1) is 0 Å². The van der Waals surface area contributed by atoms with E-state index in [1.807, 2.05) is 0 Å². The summed E-state index contributed by atoms with van der Waals surface area (Å²) in [5.41, 5.74) is -2.74. The number of hydrogen-bond donors (Lipinski definition) is 0. The molecule has 0 unspecified atom stereocenters. The molecule has 1 aliphatic heterocycles. The largest absolute Gasteiger partial charge is 0.525 e. The SMILES string of the molecule is CC1(C)OB(C(F)=Cc2c(F)cccc2F)OC1(C)C. The predicted octanol–water partition coefficient (Wildman–Crippen LogP) is 3.91. The van der Waals surface area contributed by atoms with Gasteiger partial charge in [-0.3, -0.25) is 0 Å². The maximum Gasteiger partial charge on any atom is 0.525 e. The van der Waals surface area contributed by atoms with E-state index in [2.05, 4.69) is 0 Å². The molecule has 1 aromatic carbocycles. The lowest BCUT2D eigenvalue weighted by molar-refractivity contribution is 0.00578. The van der Waals surface area contributed by atoms with Gasteiger partial charge in [0.05, 0.1) is 11.2 Å². The first kappa shape index (κ1) is 15.1. The summed E-state index contributed by atoms with van der Waals surface area (Å²) in [7, 11) is -1.26. The fourth-order valence-corrected chi connectivity index (χ4v) is 1.81. The maximum absolute atomic E-state index is 14.1. The molecule has 0 amide bonds. The zero-order valence-corrected chi connectivity index (χ0v) is 11.8. The van der Waals surface area contributed by atoms with Crippen molar-refractivity contribution in [1.29, 1.82) is 0 Å². The topological polar surface area (TPSA) is 18.5 Å². The zero-order chi connectivity index (χ0) is 15.1. The van der Waals surface area contributed by atoms with Crippen molar-refractivity contribution in [3.8, 4) is 0 Å². The van der Waals surface area contributed by atoms with E-state index in [-0.39, 0.29) is 0 Å². The fourth-order valence-electron chi connectivity index (χ4n) is 1.81. The molecule has 1 aromatic rings. The van der Waals surface area contributed by atoms with Crippen LogP contribution in [0.3, 0.4) is 0 Å². The Morgan fingerprint density at radius 1 is 1.05 bits per heavy atom. The smallest absolute Gasteiger partial charge is 0.398 e. The maximum atomic E-state index is 14.1. The van der Waals surface area contributed by atoms with Gasteiger partial charge in [-0.1, -0.05) is 6.07 Å². The molecule has 0 aromatic heterocycles. The van der Waals surface area contributed by atoms with Crippen molar-refractivity contribution >= 4 is 13.2 Å². The minimum Gasteiger partial charge on any atom is -0.398 e. The summed E-state index contributed by atoms with van der Waals surface area (Å²) in [6, 6.07) is 3.34. The van der Waals surface area contributed by atoms with Crippen molar-refractivity contribution in [3.05, 3.63) is 41.1 Å². The van der Waals surface area contributed by atoms with Gasteiger partial charge in [0, 0.05) is 5.56 Å². The van der Waals surface area contributed by atoms with Gasteiger partial charge >= 0.3 is 7.12 Å². The van der Waals surface area contributed by atoms with Crippen LogP contribution < -0.4 is 0 Å². The Hall–Kier alpha value is -1.27. The normalized spacial score (nSPS) is 21.4. The highest BCUT2D eigenvalue weighted by atomic mass is 19.1. The average Bonchev–Trinajstić information content (AvgIpc) is 2.53. The molecule has 20 heavy (non-hydrogen) atoms. The van der Waals surface area contributed by atoms with E-state index < -0.39 is 41.2 Å². The van der Waals surface area contributed by atoms with E-state index in [0.29, 0.717) is 0 Å². The molecule has 0 radical (unpaired) electrons. The highest BCUT2D eigenvalue weighted by molar-refractivity contribution is 6.54. The second-order valence-corrected chi connectivity index (χ2v) is 5.75. The van der Waals surface area contributed by atoms with Crippen LogP contribution in [-0.4, -0.2) is 18.3 Å². The van der Waals surface area contributed by atoms with Crippen LogP contribution in [0, 0.1) is 11.6 Å². The molecular formula is C14H16BF3O2. The first-order valence-corrected chi connectivity index (χ1v) is 6.31. The van der Waals surface area contributed by atoms with Crippen molar-refractivity contribution in [3.63, 3.8) is 0 Å². The van der Waals surface area contributed by atoms with Crippen LogP contribution in [-0.2, 0) is 9.31 Å². The third-order valence-corrected chi connectivity index (χ3v) is 3.76. The van der Waals surface area contributed by atoms with Gasteiger partial charge in [0.15, 0.2) is 0 Å². The number of hydrogen-bond acceptors (Lipinski definition) is 2. The lowest BCUT2D eigenvalue weighted by Gasteiger charge is -2.32. The molecular weight excluding hydrogens is 268 g/mol. The second kappa shape index (κ2) is 4.93. The lowest BCUT2D eigenvalue weighted by Crippen LogP contribution is -2.41. The van der Waals surface area contributed by atoms with E-state index in [1.165, 1.54) is 6.07 Å². The Morgan fingerprint density at radius 3 is 1.95 bits per heavy atom. The molecule has 0 saturated carbocycles. The van der Waals surface area contributed by atoms with Crippen LogP contribution in [0.2, 0.25) is 0 Å². The van der Waals surface area contributed by atoms with Crippen molar-refractivity contribution in [2.24, 2.45) is 0 Å². The molecule has 0 aliphatic carbocycles. The minimum atomic E-state index is -1.26. The predicted molar refractivity (Wildman–Crippen MR) is 71.5 cm³/mol. The van der Waals surface area contributed by atoms with Crippen LogP contribution in [0.15, 0.2) is 23.9 Å². The monoisotopic (exact) mass is 284 g/mol. The van der Waals surface area contributed by atoms with Crippen LogP contribution in [0.5, 0.6) is 0 Å². The first-order chi connectivity index (χ1) is 9.14. The molecule has 1 saturated heterocycles. The van der Waals surface area contributed by atoms with Crippen LogP contribution in [0.25, 0.3) is 6.08 Å². The van der Waals surface area contributed by atoms with Crippen LogP contribution >= 0.6 is 0 Å². The highest BCUT2D eigenvalue weighted by Gasteiger charge is 2.53. The Kier molecular flexibility index (Phi) is 3.73. The molecule has 2 rings (SSSR count). The summed E-state index contributed by atoms with van der Waals surface area (Å²) >= 11 is 0. The number of rotatable bonds is 2. The summed E-state index contributed by atoms with van der Waals surface area (Å²) in [6.07, 6.45) is 0.771. The van der Waals surface area contributed by atoms with E-state index in [9.17, 15) is 13.2 Å². The van der Waals surface area contributed by atoms with E-state index in [0.717, 1.165) is 18.2 Å². The van der Waals surface area contributed by atoms with Crippen molar-refractivity contribution < 1.29 is 22.5 Å². The van der Waals surface area contributed by atoms with E-state index >= 15 is 0 Å². The molecule has 2 nitrogen and oxygen atoms in total. The standard InChI is InChI=1S/C14H16BF3O2/c1-13(2)14(3,4)20-15(19-13)12(18)8-9-10(16)6-5-7-11(9)17/h5-8H,1-4H3. The molecule has 0 N–H and O–H groups in total. The summed E-state index contributed by atoms with van der Waals surface area (Å²) in [6.45, 7) is 7.07.